The normalized spacial score (nSPS) is 18.0. The van der Waals surface area contributed by atoms with Gasteiger partial charge in [0.15, 0.2) is 5.60 Å². The minimum atomic E-state index is -0.989. The molecule has 0 unspecified atom stereocenters. The van der Waals surface area contributed by atoms with E-state index in [1.54, 1.807) is 20.8 Å². The smallest absolute Gasteiger partial charge is 0.349 e. The molecule has 2 saturated heterocycles. The van der Waals surface area contributed by atoms with E-state index in [0.29, 0.717) is 12.4 Å². The topological polar surface area (TPSA) is 54.0 Å². The number of carbonyl (C=O) groups excluding carboxylic acids is 1. The zero-order valence-corrected chi connectivity index (χ0v) is 20.7. The molecule has 0 saturated carbocycles. The number of anilines is 1. The molecule has 178 valence electrons. The molecule has 1 aromatic rings. The first-order valence-corrected chi connectivity index (χ1v) is 11.1. The molecule has 1 aromatic carbocycles. The Hall–Kier alpha value is -1.21. The molecule has 2 fully saturated rings. The van der Waals surface area contributed by atoms with Crippen molar-refractivity contribution < 1.29 is 14.3 Å². The van der Waals surface area contributed by atoms with Crippen molar-refractivity contribution in [1.29, 1.82) is 0 Å². The van der Waals surface area contributed by atoms with Gasteiger partial charge in [0.25, 0.3) is 0 Å². The van der Waals surface area contributed by atoms with Crippen LogP contribution in [0.25, 0.3) is 0 Å². The number of piperidine rings is 1. The number of hydrogen-bond acceptors (Lipinski definition) is 6. The van der Waals surface area contributed by atoms with Crippen LogP contribution in [0, 0.1) is 5.92 Å². The van der Waals surface area contributed by atoms with Crippen LogP contribution in [0.5, 0.6) is 5.75 Å². The fourth-order valence-electron chi connectivity index (χ4n) is 4.13. The van der Waals surface area contributed by atoms with Gasteiger partial charge >= 0.3 is 5.97 Å². The molecule has 0 radical (unpaired) electrons. The minimum Gasteiger partial charge on any atom is -0.476 e. The van der Waals surface area contributed by atoms with E-state index < -0.39 is 5.60 Å². The summed E-state index contributed by atoms with van der Waals surface area (Å²) in [5, 5.41) is 3.45. The maximum absolute atomic E-state index is 12.0. The van der Waals surface area contributed by atoms with E-state index in [-0.39, 0.29) is 30.8 Å². The molecule has 31 heavy (non-hydrogen) atoms. The average molecular weight is 476 g/mol. The number of benzene rings is 1. The Kier molecular flexibility index (Phi) is 12.0. The molecule has 0 bridgehead atoms. The molecule has 2 heterocycles. The van der Waals surface area contributed by atoms with Crippen LogP contribution in [-0.2, 0) is 9.53 Å². The van der Waals surface area contributed by atoms with Crippen molar-refractivity contribution in [1.82, 2.24) is 10.2 Å². The van der Waals surface area contributed by atoms with Crippen LogP contribution < -0.4 is 15.0 Å². The molecule has 0 aliphatic carbocycles. The summed E-state index contributed by atoms with van der Waals surface area (Å²) >= 11 is 0. The third kappa shape index (κ3) is 8.33. The molecule has 2 aliphatic heterocycles. The first kappa shape index (κ1) is 27.8. The highest BCUT2D eigenvalue weighted by Crippen LogP contribution is 2.25. The number of esters is 1. The molecule has 6 nitrogen and oxygen atoms in total. The number of ether oxygens (including phenoxy) is 2. The summed E-state index contributed by atoms with van der Waals surface area (Å²) in [4.78, 5) is 17.0. The van der Waals surface area contributed by atoms with Crippen molar-refractivity contribution in [3.63, 3.8) is 0 Å². The molecular formula is C23H39Cl2N3O3. The highest BCUT2D eigenvalue weighted by Gasteiger charge is 2.31. The molecule has 8 heteroatoms. The Balaban J connectivity index is 0.00000240. The Morgan fingerprint density at radius 1 is 1.06 bits per heavy atom. The van der Waals surface area contributed by atoms with Gasteiger partial charge in [-0.25, -0.2) is 4.79 Å². The number of hydrogen-bond donors (Lipinski definition) is 1. The number of piperazine rings is 1. The lowest BCUT2D eigenvalue weighted by Crippen LogP contribution is -2.47. The van der Waals surface area contributed by atoms with E-state index in [2.05, 4.69) is 27.2 Å². The standard InChI is InChI=1S/C23H37N3O3.2ClH/c1-4-28-22(27)23(2,3)29-21-7-5-20(6-8-21)26-17-15-25(16-18-26)14-11-19-9-12-24-13-10-19;;/h5-8,19,24H,4,9-18H2,1-3H3;2*1H. The fraction of sp³-hybridized carbons (Fsp3) is 0.696. The number of nitrogens with one attached hydrogen (secondary N) is 1. The second-order valence-corrected chi connectivity index (χ2v) is 8.64. The summed E-state index contributed by atoms with van der Waals surface area (Å²) in [5.74, 6) is 1.25. The molecular weight excluding hydrogens is 437 g/mol. The Morgan fingerprint density at radius 2 is 1.68 bits per heavy atom. The Labute approximate surface area is 199 Å². The molecule has 0 aromatic heterocycles. The molecule has 0 atom stereocenters. The van der Waals surface area contributed by atoms with Gasteiger partial charge in [0.2, 0.25) is 0 Å². The van der Waals surface area contributed by atoms with Crippen LogP contribution in [0.1, 0.15) is 40.0 Å². The summed E-state index contributed by atoms with van der Waals surface area (Å²) in [6, 6.07) is 8.06. The van der Waals surface area contributed by atoms with Gasteiger partial charge in [-0.1, -0.05) is 0 Å². The van der Waals surface area contributed by atoms with Crippen molar-refractivity contribution in [3.05, 3.63) is 24.3 Å². The predicted octanol–water partition coefficient (Wildman–Crippen LogP) is 3.76. The fourth-order valence-corrected chi connectivity index (χ4v) is 4.13. The zero-order chi connectivity index (χ0) is 20.7. The van der Waals surface area contributed by atoms with Gasteiger partial charge in [-0.15, -0.1) is 24.8 Å². The molecule has 2 aliphatic rings. The van der Waals surface area contributed by atoms with Gasteiger partial charge in [0.05, 0.1) is 6.61 Å². The predicted molar refractivity (Wildman–Crippen MR) is 131 cm³/mol. The van der Waals surface area contributed by atoms with Crippen molar-refractivity contribution >= 4 is 36.5 Å². The Bertz CT molecular complexity index is 644. The second-order valence-electron chi connectivity index (χ2n) is 8.64. The van der Waals surface area contributed by atoms with Crippen LogP contribution in [0.4, 0.5) is 5.69 Å². The van der Waals surface area contributed by atoms with Crippen LogP contribution in [0.2, 0.25) is 0 Å². The number of nitrogens with zero attached hydrogens (tertiary/aromatic N) is 2. The van der Waals surface area contributed by atoms with E-state index in [9.17, 15) is 4.79 Å². The summed E-state index contributed by atoms with van der Waals surface area (Å²) in [5.41, 5.74) is 0.224. The van der Waals surface area contributed by atoms with Crippen LogP contribution in [0.3, 0.4) is 0 Å². The van der Waals surface area contributed by atoms with Gasteiger partial charge in [-0.05, 0) is 89.9 Å². The third-order valence-electron chi connectivity index (χ3n) is 6.03. The van der Waals surface area contributed by atoms with E-state index in [0.717, 1.165) is 32.1 Å². The van der Waals surface area contributed by atoms with Crippen LogP contribution >= 0.6 is 24.8 Å². The van der Waals surface area contributed by atoms with Crippen LogP contribution in [-0.4, -0.2) is 68.9 Å². The van der Waals surface area contributed by atoms with Gasteiger partial charge in [-0.2, -0.15) is 0 Å². The van der Waals surface area contributed by atoms with Gasteiger partial charge in [0.1, 0.15) is 5.75 Å². The van der Waals surface area contributed by atoms with Gasteiger partial charge < -0.3 is 19.7 Å². The first-order valence-electron chi connectivity index (χ1n) is 11.1. The van der Waals surface area contributed by atoms with E-state index in [1.807, 2.05) is 12.1 Å². The van der Waals surface area contributed by atoms with E-state index >= 15 is 0 Å². The molecule has 1 N–H and O–H groups in total. The highest BCUT2D eigenvalue weighted by molar-refractivity contribution is 5.85. The lowest BCUT2D eigenvalue weighted by molar-refractivity contribution is -0.158. The maximum Gasteiger partial charge on any atom is 0.349 e. The lowest BCUT2D eigenvalue weighted by atomic mass is 9.94. The number of halogens is 2. The monoisotopic (exact) mass is 475 g/mol. The third-order valence-corrected chi connectivity index (χ3v) is 6.03. The number of rotatable bonds is 8. The summed E-state index contributed by atoms with van der Waals surface area (Å²) in [7, 11) is 0. The maximum atomic E-state index is 12.0. The average Bonchev–Trinajstić information content (AvgIpc) is 2.74. The lowest BCUT2D eigenvalue weighted by Gasteiger charge is -2.37. The molecule has 0 amide bonds. The second kappa shape index (κ2) is 13.4. The minimum absolute atomic E-state index is 0. The van der Waals surface area contributed by atoms with E-state index in [1.165, 1.54) is 44.6 Å². The van der Waals surface area contributed by atoms with Crippen molar-refractivity contribution in [3.8, 4) is 5.75 Å². The largest absolute Gasteiger partial charge is 0.476 e. The Morgan fingerprint density at radius 3 is 2.26 bits per heavy atom. The van der Waals surface area contributed by atoms with Crippen LogP contribution in [0.15, 0.2) is 24.3 Å². The number of carbonyl (C=O) groups is 1. The quantitative estimate of drug-likeness (QED) is 0.577. The summed E-state index contributed by atoms with van der Waals surface area (Å²) in [6.45, 7) is 13.6. The first-order chi connectivity index (χ1) is 14.0. The highest BCUT2D eigenvalue weighted by atomic mass is 35.5. The summed E-state index contributed by atoms with van der Waals surface area (Å²) in [6.07, 6.45) is 4.01. The van der Waals surface area contributed by atoms with Crippen molar-refractivity contribution in [2.24, 2.45) is 5.92 Å². The molecule has 3 rings (SSSR count). The van der Waals surface area contributed by atoms with E-state index in [4.69, 9.17) is 9.47 Å². The van der Waals surface area contributed by atoms with Gasteiger partial charge in [0, 0.05) is 31.9 Å². The van der Waals surface area contributed by atoms with Crippen molar-refractivity contribution in [2.75, 3.05) is 57.3 Å². The SMILES string of the molecule is CCOC(=O)C(C)(C)Oc1ccc(N2CCN(CCC3CCNCC3)CC2)cc1.Cl.Cl. The summed E-state index contributed by atoms with van der Waals surface area (Å²) < 4.78 is 10.9. The zero-order valence-electron chi connectivity index (χ0n) is 19.1. The van der Waals surface area contributed by atoms with Gasteiger partial charge in [-0.3, -0.25) is 4.90 Å². The van der Waals surface area contributed by atoms with Crippen molar-refractivity contribution in [2.45, 2.75) is 45.6 Å². The molecule has 0 spiro atoms.